The smallest absolute Gasteiger partial charge is 0.158 e. The Labute approximate surface area is 158 Å². The van der Waals surface area contributed by atoms with Gasteiger partial charge in [0.25, 0.3) is 0 Å². The van der Waals surface area contributed by atoms with Gasteiger partial charge in [0.15, 0.2) is 6.29 Å². The lowest BCUT2D eigenvalue weighted by atomic mass is 9.98. The first kappa shape index (κ1) is 19.4. The summed E-state index contributed by atoms with van der Waals surface area (Å²) in [6.07, 6.45) is -0.801. The maximum absolute atomic E-state index is 10.3. The van der Waals surface area contributed by atoms with Gasteiger partial charge in [-0.15, -0.1) is 11.8 Å². The Morgan fingerprint density at radius 1 is 0.962 bits per heavy atom. The molecule has 3 rings (SSSR count). The van der Waals surface area contributed by atoms with Crippen molar-refractivity contribution in [3.05, 3.63) is 66.2 Å². The van der Waals surface area contributed by atoms with Gasteiger partial charge >= 0.3 is 0 Å². The Bertz CT molecular complexity index is 652. The molecule has 1 fully saturated rings. The Balaban J connectivity index is 1.51. The van der Waals surface area contributed by atoms with Gasteiger partial charge in [0.05, 0.1) is 19.3 Å². The van der Waals surface area contributed by atoms with Gasteiger partial charge < -0.3 is 20.1 Å². The third-order valence-corrected chi connectivity index (χ3v) is 6.09. The fraction of sp³-hybridized carbons (Fsp3) is 0.429. The predicted octanol–water partition coefficient (Wildman–Crippen LogP) is 2.92. The van der Waals surface area contributed by atoms with Crippen LogP contribution in [0.4, 0.5) is 0 Å². The molecule has 140 valence electrons. The molecular weight excluding hydrogens is 348 g/mol. The zero-order valence-corrected chi connectivity index (χ0v) is 15.5. The molecule has 0 amide bonds. The largest absolute Gasteiger partial charge is 0.394 e. The van der Waals surface area contributed by atoms with E-state index < -0.39 is 12.4 Å². The molecule has 5 heteroatoms. The van der Waals surface area contributed by atoms with Gasteiger partial charge in [-0.1, -0.05) is 48.5 Å². The summed E-state index contributed by atoms with van der Waals surface area (Å²) in [5, 5.41) is 30.0. The number of ether oxygens (including phenoxy) is 1. The molecule has 3 unspecified atom stereocenters. The van der Waals surface area contributed by atoms with E-state index in [2.05, 4.69) is 0 Å². The molecule has 2 aromatic carbocycles. The van der Waals surface area contributed by atoms with Gasteiger partial charge in [-0.3, -0.25) is 0 Å². The third-order valence-electron chi connectivity index (χ3n) is 4.94. The molecule has 0 bridgehead atoms. The monoisotopic (exact) mass is 374 g/mol. The third kappa shape index (κ3) is 5.32. The maximum Gasteiger partial charge on any atom is 0.158 e. The molecular formula is C21H26O4S. The SMILES string of the molecule is OC[C@@H](O)[C@H](CSc1ccccc1)C1CC1C(O)OCc1ccccc1. The molecule has 1 aliphatic rings. The van der Waals surface area contributed by atoms with Crippen molar-refractivity contribution in [3.8, 4) is 0 Å². The summed E-state index contributed by atoms with van der Waals surface area (Å²) in [5.41, 5.74) is 1.02. The molecule has 0 aromatic heterocycles. The van der Waals surface area contributed by atoms with Crippen molar-refractivity contribution in [1.29, 1.82) is 0 Å². The highest BCUT2D eigenvalue weighted by molar-refractivity contribution is 7.99. The quantitative estimate of drug-likeness (QED) is 0.441. The number of thioether (sulfide) groups is 1. The fourth-order valence-corrected chi connectivity index (χ4v) is 4.50. The highest BCUT2D eigenvalue weighted by Crippen LogP contribution is 2.49. The van der Waals surface area contributed by atoms with E-state index in [0.29, 0.717) is 12.4 Å². The van der Waals surface area contributed by atoms with Gasteiger partial charge in [0, 0.05) is 16.6 Å². The summed E-state index contributed by atoms with van der Waals surface area (Å²) in [6, 6.07) is 19.8. The Hall–Kier alpha value is -1.37. The minimum Gasteiger partial charge on any atom is -0.394 e. The standard InChI is InChI=1S/C21H26O4S/c22-12-20(23)19(14-26-16-9-5-2-6-10-16)17-11-18(17)21(24)25-13-15-7-3-1-4-8-15/h1-10,17-24H,11-14H2/t17?,18?,19-,20-,21?/m1/s1. The first-order valence-electron chi connectivity index (χ1n) is 8.99. The normalized spacial score (nSPS) is 22.6. The maximum atomic E-state index is 10.3. The second-order valence-electron chi connectivity index (χ2n) is 6.79. The van der Waals surface area contributed by atoms with Crippen LogP contribution in [0, 0.1) is 17.8 Å². The lowest BCUT2D eigenvalue weighted by molar-refractivity contribution is -0.126. The molecule has 1 saturated carbocycles. The zero-order chi connectivity index (χ0) is 18.4. The topological polar surface area (TPSA) is 69.9 Å². The number of hydrogen-bond donors (Lipinski definition) is 3. The molecule has 0 spiro atoms. The number of benzene rings is 2. The number of aliphatic hydroxyl groups excluding tert-OH is 3. The molecule has 1 aliphatic carbocycles. The molecule has 0 radical (unpaired) electrons. The van der Waals surface area contributed by atoms with Gasteiger partial charge in [0.2, 0.25) is 0 Å². The Kier molecular flexibility index (Phi) is 7.11. The predicted molar refractivity (Wildman–Crippen MR) is 103 cm³/mol. The van der Waals surface area contributed by atoms with E-state index in [1.54, 1.807) is 11.8 Å². The van der Waals surface area contributed by atoms with Crippen molar-refractivity contribution in [2.75, 3.05) is 12.4 Å². The van der Waals surface area contributed by atoms with Crippen molar-refractivity contribution in [3.63, 3.8) is 0 Å². The van der Waals surface area contributed by atoms with Crippen molar-refractivity contribution >= 4 is 11.8 Å². The van der Waals surface area contributed by atoms with Crippen LogP contribution in [0.1, 0.15) is 12.0 Å². The highest BCUT2D eigenvalue weighted by Gasteiger charge is 2.49. The lowest BCUT2D eigenvalue weighted by Crippen LogP contribution is -2.30. The minimum absolute atomic E-state index is 0.0151. The first-order chi connectivity index (χ1) is 12.7. The van der Waals surface area contributed by atoms with Crippen LogP contribution in [0.5, 0.6) is 0 Å². The molecule has 3 N–H and O–H groups in total. The average Bonchev–Trinajstić information content (AvgIpc) is 3.48. The lowest BCUT2D eigenvalue weighted by Gasteiger charge is -2.22. The molecule has 4 nitrogen and oxygen atoms in total. The first-order valence-corrected chi connectivity index (χ1v) is 9.98. The number of hydrogen-bond acceptors (Lipinski definition) is 5. The molecule has 26 heavy (non-hydrogen) atoms. The molecule has 0 saturated heterocycles. The van der Waals surface area contributed by atoms with Crippen molar-refractivity contribution in [2.45, 2.75) is 30.3 Å². The highest BCUT2D eigenvalue weighted by atomic mass is 32.2. The average molecular weight is 375 g/mol. The van der Waals surface area contributed by atoms with E-state index >= 15 is 0 Å². The van der Waals surface area contributed by atoms with Gasteiger partial charge in [-0.2, -0.15) is 0 Å². The minimum atomic E-state index is -0.838. The van der Waals surface area contributed by atoms with Crippen LogP contribution >= 0.6 is 11.8 Å². The fourth-order valence-electron chi connectivity index (χ4n) is 3.30. The summed E-state index contributed by atoms with van der Waals surface area (Å²) in [7, 11) is 0. The van der Waals surface area contributed by atoms with E-state index in [1.165, 1.54) is 0 Å². The summed E-state index contributed by atoms with van der Waals surface area (Å²) >= 11 is 1.67. The van der Waals surface area contributed by atoms with Gasteiger partial charge in [0.1, 0.15) is 0 Å². The van der Waals surface area contributed by atoms with Crippen LogP contribution in [-0.4, -0.2) is 40.1 Å². The van der Waals surface area contributed by atoms with Crippen molar-refractivity contribution < 1.29 is 20.1 Å². The van der Waals surface area contributed by atoms with Crippen LogP contribution in [0.15, 0.2) is 65.6 Å². The Morgan fingerprint density at radius 2 is 1.62 bits per heavy atom. The summed E-state index contributed by atoms with van der Waals surface area (Å²) in [4.78, 5) is 1.14. The second kappa shape index (κ2) is 9.53. The van der Waals surface area contributed by atoms with Crippen molar-refractivity contribution in [1.82, 2.24) is 0 Å². The summed E-state index contributed by atoms with van der Waals surface area (Å²) < 4.78 is 5.61. The number of aliphatic hydroxyl groups is 3. The van der Waals surface area contributed by atoms with Crippen LogP contribution in [0.25, 0.3) is 0 Å². The summed E-state index contributed by atoms with van der Waals surface area (Å²) in [5.74, 6) is 0.823. The van der Waals surface area contributed by atoms with Crippen LogP contribution in [-0.2, 0) is 11.3 Å². The van der Waals surface area contributed by atoms with Crippen LogP contribution in [0.2, 0.25) is 0 Å². The van der Waals surface area contributed by atoms with Gasteiger partial charge in [-0.25, -0.2) is 0 Å². The summed E-state index contributed by atoms with van der Waals surface area (Å²) in [6.45, 7) is 0.113. The van der Waals surface area contributed by atoms with E-state index in [0.717, 1.165) is 16.9 Å². The Morgan fingerprint density at radius 3 is 2.27 bits per heavy atom. The molecule has 0 aliphatic heterocycles. The molecule has 5 atom stereocenters. The zero-order valence-electron chi connectivity index (χ0n) is 14.6. The van der Waals surface area contributed by atoms with E-state index in [-0.39, 0.29) is 24.4 Å². The number of rotatable bonds is 10. The van der Waals surface area contributed by atoms with Crippen LogP contribution < -0.4 is 0 Å². The molecule has 0 heterocycles. The van der Waals surface area contributed by atoms with E-state index in [4.69, 9.17) is 4.74 Å². The van der Waals surface area contributed by atoms with Gasteiger partial charge in [-0.05, 0) is 36.0 Å². The van der Waals surface area contributed by atoms with Crippen LogP contribution in [0.3, 0.4) is 0 Å². The second-order valence-corrected chi connectivity index (χ2v) is 7.88. The van der Waals surface area contributed by atoms with E-state index in [1.807, 2.05) is 60.7 Å². The van der Waals surface area contributed by atoms with E-state index in [9.17, 15) is 15.3 Å². The van der Waals surface area contributed by atoms with Crippen molar-refractivity contribution in [2.24, 2.45) is 17.8 Å². The molecule has 2 aromatic rings.